The van der Waals surface area contributed by atoms with Crippen LogP contribution in [0.15, 0.2) is 47.4 Å². The predicted octanol–water partition coefficient (Wildman–Crippen LogP) is 2.96. The maximum absolute atomic E-state index is 12.3. The zero-order chi connectivity index (χ0) is 17.9. The van der Waals surface area contributed by atoms with Crippen molar-refractivity contribution in [3.05, 3.63) is 58.8 Å². The number of rotatable bonds is 6. The molecule has 0 spiro atoms. The summed E-state index contributed by atoms with van der Waals surface area (Å²) in [4.78, 5) is 32.7. The van der Waals surface area contributed by atoms with E-state index in [1.165, 1.54) is 0 Å². The van der Waals surface area contributed by atoms with Crippen LogP contribution in [0.4, 0.5) is 0 Å². The van der Waals surface area contributed by atoms with Crippen molar-refractivity contribution in [3.8, 4) is 0 Å². The third kappa shape index (κ3) is 3.37. The van der Waals surface area contributed by atoms with Crippen molar-refractivity contribution in [2.75, 3.05) is 19.6 Å². The Hall–Kier alpha value is -2.60. The van der Waals surface area contributed by atoms with Crippen LogP contribution in [-0.4, -0.2) is 44.9 Å². The Morgan fingerprint density at radius 3 is 2.69 bits per heavy atom. The summed E-state index contributed by atoms with van der Waals surface area (Å²) in [5.74, 6) is 0.176. The lowest BCUT2D eigenvalue weighted by atomic mass is 10.0. The molecule has 0 amide bonds. The number of nitrogens with zero attached hydrogens (tertiary/aromatic N) is 2. The lowest BCUT2D eigenvalue weighted by Gasteiger charge is -2.32. The molecule has 2 N–H and O–H groups in total. The van der Waals surface area contributed by atoms with Crippen molar-refractivity contribution in [1.82, 2.24) is 19.4 Å². The van der Waals surface area contributed by atoms with Gasteiger partial charge in [-0.05, 0) is 50.1 Å². The van der Waals surface area contributed by atoms with Gasteiger partial charge in [0, 0.05) is 31.7 Å². The average molecular weight is 352 g/mol. The Kier molecular flexibility index (Phi) is 4.75. The summed E-state index contributed by atoms with van der Waals surface area (Å²) >= 11 is 0. The lowest BCUT2D eigenvalue weighted by Crippen LogP contribution is -2.37. The molecule has 2 aromatic heterocycles. The molecule has 1 fully saturated rings. The third-order valence-corrected chi connectivity index (χ3v) is 5.32. The minimum atomic E-state index is -0.0128. The summed E-state index contributed by atoms with van der Waals surface area (Å²) in [6.45, 7) is 2.86. The summed E-state index contributed by atoms with van der Waals surface area (Å²) in [5, 5.41) is 0. The maximum Gasteiger partial charge on any atom is 0.326 e. The van der Waals surface area contributed by atoms with Gasteiger partial charge in [-0.2, -0.15) is 0 Å². The zero-order valence-corrected chi connectivity index (χ0v) is 14.8. The van der Waals surface area contributed by atoms with E-state index in [2.05, 4.69) is 14.9 Å². The molecule has 0 atom stereocenters. The van der Waals surface area contributed by atoms with Crippen molar-refractivity contribution in [3.63, 3.8) is 0 Å². The standard InChI is InChI=1S/C20H24N4O2/c25-19(17-6-3-11-21-17)8-4-12-23-13-9-15(10-14-23)24-18-7-2-1-5-16(18)22-20(24)26/h1-3,5-7,11,15,21H,4,8-10,12-14H2,(H,22,26). The molecule has 1 aromatic carbocycles. The minimum absolute atomic E-state index is 0.0128. The molecule has 1 aliphatic heterocycles. The SMILES string of the molecule is O=C(CCCN1CCC(n2c(=O)[nH]c3ccccc32)CC1)c1ccc[nH]1. The van der Waals surface area contributed by atoms with Gasteiger partial charge in [0.2, 0.25) is 0 Å². The number of likely N-dealkylation sites (tertiary alicyclic amines) is 1. The molecule has 0 aliphatic carbocycles. The Morgan fingerprint density at radius 2 is 1.92 bits per heavy atom. The van der Waals surface area contributed by atoms with E-state index in [9.17, 15) is 9.59 Å². The average Bonchev–Trinajstić information content (AvgIpc) is 3.29. The molecule has 3 aromatic rings. The van der Waals surface area contributed by atoms with Gasteiger partial charge in [-0.1, -0.05) is 12.1 Å². The maximum atomic E-state index is 12.3. The van der Waals surface area contributed by atoms with Crippen molar-refractivity contribution >= 4 is 16.8 Å². The highest BCUT2D eigenvalue weighted by Crippen LogP contribution is 2.24. The molecular weight excluding hydrogens is 328 g/mol. The topological polar surface area (TPSA) is 73.9 Å². The molecule has 1 aliphatic rings. The van der Waals surface area contributed by atoms with Crippen molar-refractivity contribution in [2.45, 2.75) is 31.7 Å². The van der Waals surface area contributed by atoms with Crippen LogP contribution >= 0.6 is 0 Å². The summed E-state index contributed by atoms with van der Waals surface area (Å²) < 4.78 is 1.92. The van der Waals surface area contributed by atoms with Gasteiger partial charge in [0.25, 0.3) is 0 Å². The molecule has 0 bridgehead atoms. The van der Waals surface area contributed by atoms with Gasteiger partial charge < -0.3 is 14.9 Å². The molecule has 1 saturated heterocycles. The van der Waals surface area contributed by atoms with Crippen LogP contribution in [0, 0.1) is 0 Å². The van der Waals surface area contributed by atoms with Crippen LogP contribution in [-0.2, 0) is 0 Å². The first kappa shape index (κ1) is 16.8. The number of hydrogen-bond donors (Lipinski definition) is 2. The number of ketones is 1. The molecule has 0 unspecified atom stereocenters. The second kappa shape index (κ2) is 7.33. The molecule has 6 nitrogen and oxygen atoms in total. The number of piperidine rings is 1. The zero-order valence-electron chi connectivity index (χ0n) is 14.8. The van der Waals surface area contributed by atoms with E-state index < -0.39 is 0 Å². The van der Waals surface area contributed by atoms with Crippen LogP contribution < -0.4 is 5.69 Å². The lowest BCUT2D eigenvalue weighted by molar-refractivity contribution is 0.0966. The highest BCUT2D eigenvalue weighted by Gasteiger charge is 2.23. The number of H-pyrrole nitrogens is 2. The van der Waals surface area contributed by atoms with E-state index in [0.29, 0.717) is 12.1 Å². The number of carbonyl (C=O) groups is 1. The molecule has 3 heterocycles. The molecule has 136 valence electrons. The number of hydrogen-bond acceptors (Lipinski definition) is 3. The number of aromatic nitrogens is 3. The molecule has 0 radical (unpaired) electrons. The summed E-state index contributed by atoms with van der Waals surface area (Å²) in [6.07, 6.45) is 5.15. The number of imidazole rings is 1. The monoisotopic (exact) mass is 352 g/mol. The Labute approximate surface area is 151 Å². The second-order valence-corrected chi connectivity index (χ2v) is 7.00. The minimum Gasteiger partial charge on any atom is -0.359 e. The van der Waals surface area contributed by atoms with Crippen LogP contribution in [0.1, 0.15) is 42.2 Å². The summed E-state index contributed by atoms with van der Waals surface area (Å²) in [5.41, 5.74) is 2.58. The molecule has 26 heavy (non-hydrogen) atoms. The Bertz CT molecular complexity index is 930. The van der Waals surface area contributed by atoms with Crippen LogP contribution in [0.2, 0.25) is 0 Å². The number of nitrogens with one attached hydrogen (secondary N) is 2. The smallest absolute Gasteiger partial charge is 0.326 e. The van der Waals surface area contributed by atoms with Crippen LogP contribution in [0.25, 0.3) is 11.0 Å². The van der Waals surface area contributed by atoms with E-state index in [1.807, 2.05) is 41.0 Å². The highest BCUT2D eigenvalue weighted by atomic mass is 16.1. The molecule has 6 heteroatoms. The van der Waals surface area contributed by atoms with Gasteiger partial charge >= 0.3 is 5.69 Å². The van der Waals surface area contributed by atoms with Gasteiger partial charge in [0.05, 0.1) is 16.7 Å². The van der Waals surface area contributed by atoms with Gasteiger partial charge in [0.15, 0.2) is 5.78 Å². The summed E-state index contributed by atoms with van der Waals surface area (Å²) in [6, 6.07) is 11.8. The van der Waals surface area contributed by atoms with Gasteiger partial charge in [-0.25, -0.2) is 4.79 Å². The Morgan fingerprint density at radius 1 is 1.12 bits per heavy atom. The normalized spacial score (nSPS) is 16.3. The molecular formula is C20H24N4O2. The second-order valence-electron chi connectivity index (χ2n) is 7.00. The van der Waals surface area contributed by atoms with Gasteiger partial charge in [-0.3, -0.25) is 9.36 Å². The van der Waals surface area contributed by atoms with E-state index in [1.54, 1.807) is 6.20 Å². The fraction of sp³-hybridized carbons (Fsp3) is 0.400. The molecule has 0 saturated carbocycles. The number of carbonyl (C=O) groups excluding carboxylic acids is 1. The van der Waals surface area contributed by atoms with E-state index in [-0.39, 0.29) is 17.5 Å². The quantitative estimate of drug-likeness (QED) is 0.670. The van der Waals surface area contributed by atoms with Crippen LogP contribution in [0.5, 0.6) is 0 Å². The summed E-state index contributed by atoms with van der Waals surface area (Å²) in [7, 11) is 0. The third-order valence-electron chi connectivity index (χ3n) is 5.32. The predicted molar refractivity (Wildman–Crippen MR) is 102 cm³/mol. The first-order valence-corrected chi connectivity index (χ1v) is 9.30. The largest absolute Gasteiger partial charge is 0.359 e. The van der Waals surface area contributed by atoms with Gasteiger partial charge in [-0.15, -0.1) is 0 Å². The highest BCUT2D eigenvalue weighted by molar-refractivity contribution is 5.94. The number of benzene rings is 1. The fourth-order valence-electron chi connectivity index (χ4n) is 3.94. The van der Waals surface area contributed by atoms with Gasteiger partial charge in [0.1, 0.15) is 0 Å². The number of para-hydroxylation sites is 2. The van der Waals surface area contributed by atoms with E-state index in [4.69, 9.17) is 0 Å². The molecule has 4 rings (SSSR count). The number of Topliss-reactive ketones (excluding diaryl/α,β-unsaturated/α-hetero) is 1. The first-order valence-electron chi connectivity index (χ1n) is 9.30. The van der Waals surface area contributed by atoms with E-state index in [0.717, 1.165) is 49.9 Å². The fourth-order valence-corrected chi connectivity index (χ4v) is 3.94. The first-order chi connectivity index (χ1) is 12.7. The van der Waals surface area contributed by atoms with Crippen LogP contribution in [0.3, 0.4) is 0 Å². The van der Waals surface area contributed by atoms with E-state index >= 15 is 0 Å². The number of aromatic amines is 2. The Balaban J connectivity index is 1.31. The van der Waals surface area contributed by atoms with Crippen molar-refractivity contribution in [2.24, 2.45) is 0 Å². The van der Waals surface area contributed by atoms with Crippen molar-refractivity contribution < 1.29 is 4.79 Å². The van der Waals surface area contributed by atoms with Crippen molar-refractivity contribution in [1.29, 1.82) is 0 Å². The number of fused-ring (bicyclic) bond motifs is 1.